The third kappa shape index (κ3) is 21.6. The van der Waals surface area contributed by atoms with Gasteiger partial charge in [0.05, 0.1) is 24.6 Å². The van der Waals surface area contributed by atoms with E-state index in [-0.39, 0.29) is 42.4 Å². The van der Waals surface area contributed by atoms with Crippen LogP contribution in [0.25, 0.3) is 0 Å². The van der Waals surface area contributed by atoms with E-state index in [1.54, 1.807) is 27.7 Å². The molecule has 1 saturated heterocycles. The first-order valence-corrected chi connectivity index (χ1v) is 22.5. The predicted octanol–water partition coefficient (Wildman–Crippen LogP) is 7.98. The zero-order valence-corrected chi connectivity index (χ0v) is 39.2. The summed E-state index contributed by atoms with van der Waals surface area (Å²) in [6, 6.07) is 4.50. The Morgan fingerprint density at radius 1 is 0.855 bits per heavy atom. The molecule has 1 aliphatic carbocycles. The fourth-order valence-electron chi connectivity index (χ4n) is 6.22. The number of halogens is 4. The molecule has 2 aliphatic rings. The molecule has 0 aromatic heterocycles. The van der Waals surface area contributed by atoms with Gasteiger partial charge in [0.15, 0.2) is 34.8 Å². The standard InChI is InChI=1S/C28H32F4O5.C7H13NO.C6H13N.C5H12O3S/c1-3-10-35-15-21(34)17-37-27-24(31)13-19(14-25(27)32)28(8-6-5-7-9-28)18-11-22(29)26(23(30)12-18)36-16-20(33)4-2;1-5-6(9)8-7(2,3)4;1-6(2,3)7-4-5-7;1-5(2,3)8-9(4,6)7/h1,11-14,20-21,33-34H,4-10,15-17H2,2H3;5H,1H2,2-4H3,(H,8,9);4-5H2,1-3H3;1-4H3. The molecule has 352 valence electrons. The van der Waals surface area contributed by atoms with Crippen molar-refractivity contribution in [2.75, 3.05) is 45.8 Å². The summed E-state index contributed by atoms with van der Waals surface area (Å²) in [6.45, 7) is 24.4. The fraction of sp³-hybridized carbons (Fsp3) is 0.630. The topological polar surface area (TPSA) is 144 Å². The van der Waals surface area contributed by atoms with Gasteiger partial charge < -0.3 is 29.7 Å². The molecule has 2 unspecified atom stereocenters. The number of terminal acetylenes is 1. The maximum absolute atomic E-state index is 15.0. The van der Waals surface area contributed by atoms with Crippen molar-refractivity contribution < 1.29 is 59.4 Å². The molecule has 3 N–H and O–H groups in total. The van der Waals surface area contributed by atoms with Crippen molar-refractivity contribution in [2.24, 2.45) is 0 Å². The van der Waals surface area contributed by atoms with Gasteiger partial charge >= 0.3 is 0 Å². The number of aliphatic hydroxyl groups excluding tert-OH is 2. The minimum atomic E-state index is -3.28. The van der Waals surface area contributed by atoms with E-state index in [0.29, 0.717) is 37.6 Å². The van der Waals surface area contributed by atoms with Gasteiger partial charge in [0.1, 0.15) is 25.9 Å². The number of aliphatic hydroxyl groups is 2. The Kier molecular flexibility index (Phi) is 22.7. The van der Waals surface area contributed by atoms with Crippen LogP contribution in [0.4, 0.5) is 17.6 Å². The van der Waals surface area contributed by atoms with Gasteiger partial charge in [-0.2, -0.15) is 8.42 Å². The lowest BCUT2D eigenvalue weighted by atomic mass is 9.65. The molecule has 11 nitrogen and oxygen atoms in total. The second kappa shape index (κ2) is 24.9. The van der Waals surface area contributed by atoms with E-state index >= 15 is 8.78 Å². The van der Waals surface area contributed by atoms with Gasteiger partial charge in [0.25, 0.3) is 10.1 Å². The van der Waals surface area contributed by atoms with Crippen molar-refractivity contribution in [1.29, 1.82) is 0 Å². The molecule has 0 bridgehead atoms. The second-order valence-corrected chi connectivity index (χ2v) is 19.8. The molecule has 2 aromatic carbocycles. The number of rotatable bonds is 14. The van der Waals surface area contributed by atoms with Crippen molar-refractivity contribution in [3.8, 4) is 23.8 Å². The number of carbonyl (C=O) groups is 1. The van der Waals surface area contributed by atoms with Gasteiger partial charge in [-0.15, -0.1) is 6.42 Å². The van der Waals surface area contributed by atoms with E-state index < -0.39 is 74.7 Å². The first-order chi connectivity index (χ1) is 28.5. The monoisotopic (exact) mass is 902 g/mol. The minimum Gasteiger partial charge on any atom is -0.485 e. The number of benzene rings is 2. The first-order valence-electron chi connectivity index (χ1n) is 20.7. The number of amides is 1. The molecule has 1 amide bonds. The lowest BCUT2D eigenvalue weighted by Gasteiger charge is -2.39. The summed E-state index contributed by atoms with van der Waals surface area (Å²) in [5.41, 5.74) is -0.844. The van der Waals surface area contributed by atoms with E-state index in [0.717, 1.165) is 36.9 Å². The van der Waals surface area contributed by atoms with Crippen LogP contribution in [-0.2, 0) is 29.2 Å². The molecule has 2 aromatic rings. The van der Waals surface area contributed by atoms with E-state index in [9.17, 15) is 32.2 Å². The van der Waals surface area contributed by atoms with Crippen molar-refractivity contribution >= 4 is 16.0 Å². The van der Waals surface area contributed by atoms with Crippen LogP contribution < -0.4 is 14.8 Å². The Hall–Kier alpha value is -3.72. The van der Waals surface area contributed by atoms with Gasteiger partial charge in [-0.1, -0.05) is 38.7 Å². The number of ether oxygens (including phenoxy) is 3. The normalized spacial score (nSPS) is 16.0. The summed E-state index contributed by atoms with van der Waals surface area (Å²) in [6.07, 6.45) is 8.87. The van der Waals surface area contributed by atoms with Crippen molar-refractivity contribution in [3.63, 3.8) is 0 Å². The molecule has 0 spiro atoms. The second-order valence-electron chi connectivity index (χ2n) is 18.2. The lowest BCUT2D eigenvalue weighted by Crippen LogP contribution is -2.39. The minimum absolute atomic E-state index is 0.0223. The molecule has 2 fully saturated rings. The molecule has 1 saturated carbocycles. The molecular formula is C46H70F4N2O9S. The van der Waals surface area contributed by atoms with Gasteiger partial charge in [-0.3, -0.25) is 13.9 Å². The van der Waals surface area contributed by atoms with Crippen molar-refractivity contribution in [1.82, 2.24) is 10.2 Å². The van der Waals surface area contributed by atoms with Crippen LogP contribution >= 0.6 is 0 Å². The van der Waals surface area contributed by atoms with Gasteiger partial charge in [0, 0.05) is 29.6 Å². The number of nitrogens with zero attached hydrogens (tertiary/aromatic N) is 1. The molecular weight excluding hydrogens is 833 g/mol. The van der Waals surface area contributed by atoms with Gasteiger partial charge in [-0.25, -0.2) is 17.6 Å². The van der Waals surface area contributed by atoms with Crippen LogP contribution in [0.15, 0.2) is 36.9 Å². The Morgan fingerprint density at radius 3 is 1.56 bits per heavy atom. The summed E-state index contributed by atoms with van der Waals surface area (Å²) in [7, 11) is -3.28. The molecule has 4 rings (SSSR count). The molecule has 1 heterocycles. The Bertz CT molecular complexity index is 1830. The highest BCUT2D eigenvalue weighted by molar-refractivity contribution is 7.86. The fourth-order valence-corrected chi connectivity index (χ4v) is 7.13. The zero-order chi connectivity index (χ0) is 47.7. The van der Waals surface area contributed by atoms with Crippen molar-refractivity contribution in [2.45, 2.75) is 142 Å². The Morgan fingerprint density at radius 2 is 1.29 bits per heavy atom. The quantitative estimate of drug-likeness (QED) is 0.0427. The molecule has 2 atom stereocenters. The van der Waals surface area contributed by atoms with Gasteiger partial charge in [0.2, 0.25) is 5.91 Å². The van der Waals surface area contributed by atoms with Gasteiger partial charge in [-0.05, 0) is 123 Å². The Balaban J connectivity index is 0.000000617. The van der Waals surface area contributed by atoms with Crippen LogP contribution in [0.1, 0.15) is 119 Å². The highest BCUT2D eigenvalue weighted by Crippen LogP contribution is 2.47. The van der Waals surface area contributed by atoms with Crippen LogP contribution in [-0.4, -0.2) is 104 Å². The van der Waals surface area contributed by atoms with Crippen molar-refractivity contribution in [3.05, 3.63) is 71.3 Å². The molecule has 1 aliphatic heterocycles. The SMILES string of the molecule is C#CCOCC(O)COc1c(F)cc(C2(c3cc(F)c(OCC(O)CC)c(F)c3)CCCCC2)cc1F.C=CC(=O)NC(C)(C)C.CC(C)(C)N1CC1.CC(C)(C)OS(C)(=O)=O. The Labute approximate surface area is 367 Å². The highest BCUT2D eigenvalue weighted by Gasteiger charge is 2.39. The summed E-state index contributed by atoms with van der Waals surface area (Å²) < 4.78 is 101. The van der Waals surface area contributed by atoms with Crippen LogP contribution in [0.5, 0.6) is 11.5 Å². The zero-order valence-electron chi connectivity index (χ0n) is 38.4. The maximum Gasteiger partial charge on any atom is 0.264 e. The van der Waals surface area contributed by atoms with Crippen LogP contribution in [0.3, 0.4) is 0 Å². The maximum atomic E-state index is 15.0. The molecule has 62 heavy (non-hydrogen) atoms. The summed E-state index contributed by atoms with van der Waals surface area (Å²) in [5, 5.41) is 22.2. The third-order valence-electron chi connectivity index (χ3n) is 9.10. The van der Waals surface area contributed by atoms with E-state index in [1.807, 2.05) is 20.8 Å². The summed E-state index contributed by atoms with van der Waals surface area (Å²) in [4.78, 5) is 13.0. The van der Waals surface area contributed by atoms with Crippen LogP contribution in [0, 0.1) is 35.6 Å². The number of hydrogen-bond donors (Lipinski definition) is 3. The number of hydrogen-bond acceptors (Lipinski definition) is 10. The van der Waals surface area contributed by atoms with Crippen LogP contribution in [0.2, 0.25) is 0 Å². The summed E-state index contributed by atoms with van der Waals surface area (Å²) in [5.74, 6) is -3.05. The first kappa shape index (κ1) is 56.3. The third-order valence-corrected chi connectivity index (χ3v) is 9.90. The summed E-state index contributed by atoms with van der Waals surface area (Å²) >= 11 is 0. The number of carbonyl (C=O) groups excluding carboxylic acids is 1. The largest absolute Gasteiger partial charge is 0.485 e. The smallest absolute Gasteiger partial charge is 0.264 e. The highest BCUT2D eigenvalue weighted by atomic mass is 32.2. The molecule has 16 heteroatoms. The predicted molar refractivity (Wildman–Crippen MR) is 235 cm³/mol. The number of nitrogens with one attached hydrogen (secondary N) is 1. The molecule has 0 radical (unpaired) electrons. The van der Waals surface area contributed by atoms with E-state index in [4.69, 9.17) is 20.6 Å². The van der Waals surface area contributed by atoms with E-state index in [1.165, 1.54) is 19.2 Å². The average Bonchev–Trinajstić information content (AvgIpc) is 4.00. The average molecular weight is 903 g/mol. The van der Waals surface area contributed by atoms with E-state index in [2.05, 4.69) is 47.7 Å². The lowest BCUT2D eigenvalue weighted by molar-refractivity contribution is -0.117.